The third-order valence-corrected chi connectivity index (χ3v) is 4.38. The lowest BCUT2D eigenvalue weighted by Crippen LogP contribution is -1.98. The van der Waals surface area contributed by atoms with Crippen molar-refractivity contribution in [2.75, 3.05) is 14.2 Å². The summed E-state index contributed by atoms with van der Waals surface area (Å²) >= 11 is 17.5. The van der Waals surface area contributed by atoms with Crippen LogP contribution in [0.3, 0.4) is 0 Å². The molecule has 0 saturated carbocycles. The van der Waals surface area contributed by atoms with E-state index >= 15 is 0 Å². The summed E-state index contributed by atoms with van der Waals surface area (Å²) in [7, 11) is 3.14. The molecule has 0 saturated heterocycles. The largest absolute Gasteiger partial charge is 0.493 e. The molecule has 0 atom stereocenters. The van der Waals surface area contributed by atoms with Gasteiger partial charge in [-0.2, -0.15) is 14.9 Å². The van der Waals surface area contributed by atoms with Gasteiger partial charge in [0, 0.05) is 16.1 Å². The van der Waals surface area contributed by atoms with Crippen molar-refractivity contribution >= 4 is 41.6 Å². The van der Waals surface area contributed by atoms with Gasteiger partial charge in [-0.3, -0.25) is 0 Å². The molecule has 3 aromatic rings. The summed E-state index contributed by atoms with van der Waals surface area (Å²) in [5.74, 6) is 1.64. The van der Waals surface area contributed by atoms with E-state index in [1.165, 1.54) is 4.68 Å². The molecule has 0 radical (unpaired) electrons. The Kier molecular flexibility index (Phi) is 5.61. The number of hydrogen-bond donors (Lipinski definition) is 1. The second kappa shape index (κ2) is 7.90. The van der Waals surface area contributed by atoms with Crippen molar-refractivity contribution in [1.29, 1.82) is 0 Å². The SMILES string of the molecule is COc1cccc(/C=N/n2c(-c3ccc(Cl)cc3Cl)n[nH]c2=S)c1OC. The number of H-pyrrole nitrogens is 1. The molecule has 0 aliphatic rings. The highest BCUT2D eigenvalue weighted by molar-refractivity contribution is 7.71. The van der Waals surface area contributed by atoms with E-state index < -0.39 is 0 Å². The molecular weight excluding hydrogens is 395 g/mol. The topological polar surface area (TPSA) is 64.4 Å². The van der Waals surface area contributed by atoms with E-state index in [0.29, 0.717) is 37.7 Å². The van der Waals surface area contributed by atoms with E-state index in [2.05, 4.69) is 15.3 Å². The third-order valence-electron chi connectivity index (χ3n) is 3.57. The van der Waals surface area contributed by atoms with Gasteiger partial charge in [-0.1, -0.05) is 29.3 Å². The Hall–Kier alpha value is -2.35. The van der Waals surface area contributed by atoms with Gasteiger partial charge >= 0.3 is 0 Å². The summed E-state index contributed by atoms with van der Waals surface area (Å²) < 4.78 is 12.5. The van der Waals surface area contributed by atoms with Crippen molar-refractivity contribution in [1.82, 2.24) is 14.9 Å². The van der Waals surface area contributed by atoms with Crippen LogP contribution in [0.1, 0.15) is 5.56 Å². The van der Waals surface area contributed by atoms with Crippen LogP contribution in [0, 0.1) is 4.77 Å². The molecule has 0 aliphatic heterocycles. The van der Waals surface area contributed by atoms with Crippen LogP contribution >= 0.6 is 35.4 Å². The zero-order chi connectivity index (χ0) is 18.7. The van der Waals surface area contributed by atoms with E-state index in [-0.39, 0.29) is 0 Å². The molecule has 2 aromatic carbocycles. The molecule has 9 heteroatoms. The van der Waals surface area contributed by atoms with Gasteiger partial charge in [0.25, 0.3) is 0 Å². The minimum atomic E-state index is 0.323. The minimum Gasteiger partial charge on any atom is -0.493 e. The average Bonchev–Trinajstić information content (AvgIpc) is 2.99. The van der Waals surface area contributed by atoms with Gasteiger partial charge in [0.1, 0.15) is 0 Å². The number of aromatic nitrogens is 3. The maximum absolute atomic E-state index is 6.28. The maximum atomic E-state index is 6.28. The molecule has 1 heterocycles. The molecule has 134 valence electrons. The highest BCUT2D eigenvalue weighted by atomic mass is 35.5. The van der Waals surface area contributed by atoms with Crippen LogP contribution in [0.4, 0.5) is 0 Å². The molecule has 0 amide bonds. The third kappa shape index (κ3) is 3.60. The van der Waals surface area contributed by atoms with E-state index in [0.717, 1.165) is 5.56 Å². The fourth-order valence-electron chi connectivity index (χ4n) is 2.38. The Morgan fingerprint density at radius 2 is 2.00 bits per heavy atom. The number of methoxy groups -OCH3 is 2. The first kappa shape index (κ1) is 18.4. The van der Waals surface area contributed by atoms with Crippen LogP contribution in [-0.2, 0) is 0 Å². The number of aromatic amines is 1. The van der Waals surface area contributed by atoms with E-state index in [1.54, 1.807) is 44.7 Å². The summed E-state index contributed by atoms with van der Waals surface area (Å²) in [6.45, 7) is 0. The number of para-hydroxylation sites is 1. The highest BCUT2D eigenvalue weighted by Gasteiger charge is 2.13. The number of benzene rings is 2. The predicted molar refractivity (Wildman–Crippen MR) is 105 cm³/mol. The quantitative estimate of drug-likeness (QED) is 0.485. The highest BCUT2D eigenvalue weighted by Crippen LogP contribution is 2.31. The summed E-state index contributed by atoms with van der Waals surface area (Å²) in [6.07, 6.45) is 1.61. The zero-order valence-electron chi connectivity index (χ0n) is 13.9. The molecule has 1 N–H and O–H groups in total. The zero-order valence-corrected chi connectivity index (χ0v) is 16.2. The first-order valence-electron chi connectivity index (χ1n) is 7.43. The number of nitrogens with zero attached hydrogens (tertiary/aromatic N) is 3. The molecule has 0 unspecified atom stereocenters. The lowest BCUT2D eigenvalue weighted by molar-refractivity contribution is 0.354. The summed E-state index contributed by atoms with van der Waals surface area (Å²) in [5, 5.41) is 12.3. The summed E-state index contributed by atoms with van der Waals surface area (Å²) in [5.41, 5.74) is 1.38. The van der Waals surface area contributed by atoms with E-state index in [4.69, 9.17) is 44.9 Å². The Morgan fingerprint density at radius 3 is 2.69 bits per heavy atom. The normalized spacial score (nSPS) is 11.1. The second-order valence-electron chi connectivity index (χ2n) is 5.12. The number of ether oxygens (including phenoxy) is 2. The Labute approximate surface area is 165 Å². The average molecular weight is 409 g/mol. The lowest BCUT2D eigenvalue weighted by atomic mass is 10.2. The van der Waals surface area contributed by atoms with E-state index in [9.17, 15) is 0 Å². The van der Waals surface area contributed by atoms with Crippen LogP contribution in [-0.4, -0.2) is 35.3 Å². The van der Waals surface area contributed by atoms with Crippen molar-refractivity contribution in [2.45, 2.75) is 0 Å². The van der Waals surface area contributed by atoms with Crippen LogP contribution in [0.25, 0.3) is 11.4 Å². The van der Waals surface area contributed by atoms with Gasteiger partial charge in [0.15, 0.2) is 17.3 Å². The van der Waals surface area contributed by atoms with Gasteiger partial charge in [0.05, 0.1) is 25.5 Å². The molecule has 6 nitrogen and oxygen atoms in total. The molecule has 0 aliphatic carbocycles. The standard InChI is InChI=1S/C17H14Cl2N4O2S/c1-24-14-5-3-4-10(15(14)25-2)9-20-23-16(21-22-17(23)26)12-7-6-11(18)8-13(12)19/h3-9H,1-2H3,(H,22,26)/b20-9+. The molecule has 3 rings (SSSR count). The summed E-state index contributed by atoms with van der Waals surface area (Å²) in [4.78, 5) is 0. The van der Waals surface area contributed by atoms with Crippen LogP contribution in [0.2, 0.25) is 10.0 Å². The smallest absolute Gasteiger partial charge is 0.216 e. The number of nitrogens with one attached hydrogen (secondary N) is 1. The lowest BCUT2D eigenvalue weighted by Gasteiger charge is -2.09. The molecule has 0 bridgehead atoms. The monoisotopic (exact) mass is 408 g/mol. The van der Waals surface area contributed by atoms with Crippen molar-refractivity contribution in [3.63, 3.8) is 0 Å². The van der Waals surface area contributed by atoms with Crippen molar-refractivity contribution in [3.8, 4) is 22.9 Å². The summed E-state index contributed by atoms with van der Waals surface area (Å²) in [6, 6.07) is 10.6. The van der Waals surface area contributed by atoms with Crippen molar-refractivity contribution in [3.05, 3.63) is 56.8 Å². The van der Waals surface area contributed by atoms with Crippen LogP contribution in [0.15, 0.2) is 41.5 Å². The Balaban J connectivity index is 2.06. The molecular formula is C17H14Cl2N4O2S. The predicted octanol–water partition coefficient (Wildman–Crippen LogP) is 4.81. The second-order valence-corrected chi connectivity index (χ2v) is 6.35. The van der Waals surface area contributed by atoms with E-state index in [1.807, 2.05) is 12.1 Å². The maximum Gasteiger partial charge on any atom is 0.216 e. The molecule has 26 heavy (non-hydrogen) atoms. The first-order valence-corrected chi connectivity index (χ1v) is 8.59. The van der Waals surface area contributed by atoms with Gasteiger partial charge < -0.3 is 9.47 Å². The van der Waals surface area contributed by atoms with Gasteiger partial charge in [-0.05, 0) is 42.5 Å². The minimum absolute atomic E-state index is 0.323. The fraction of sp³-hybridized carbons (Fsp3) is 0.118. The number of rotatable bonds is 5. The van der Waals surface area contributed by atoms with Gasteiger partial charge in [-0.15, -0.1) is 0 Å². The fourth-order valence-corrected chi connectivity index (χ4v) is 3.05. The van der Waals surface area contributed by atoms with Gasteiger partial charge in [0.2, 0.25) is 4.77 Å². The van der Waals surface area contributed by atoms with Crippen molar-refractivity contribution in [2.24, 2.45) is 5.10 Å². The number of halogens is 2. The van der Waals surface area contributed by atoms with Crippen molar-refractivity contribution < 1.29 is 9.47 Å². The van der Waals surface area contributed by atoms with Crippen LogP contribution < -0.4 is 9.47 Å². The van der Waals surface area contributed by atoms with Crippen LogP contribution in [0.5, 0.6) is 11.5 Å². The molecule has 0 fully saturated rings. The molecule has 1 aromatic heterocycles. The molecule has 0 spiro atoms. The van der Waals surface area contributed by atoms with Gasteiger partial charge in [-0.25, -0.2) is 5.10 Å². The Morgan fingerprint density at radius 1 is 1.19 bits per heavy atom. The first-order chi connectivity index (χ1) is 12.5. The Bertz CT molecular complexity index is 1030. The number of hydrogen-bond acceptors (Lipinski definition) is 5.